The molecule has 2 N–H and O–H groups in total. The van der Waals surface area contributed by atoms with Crippen molar-refractivity contribution in [1.29, 1.82) is 0 Å². The highest BCUT2D eigenvalue weighted by atomic mass is 16.4. The second-order valence-corrected chi connectivity index (χ2v) is 6.68. The lowest BCUT2D eigenvalue weighted by molar-refractivity contribution is -0.142. The number of amides is 1. The summed E-state index contributed by atoms with van der Waals surface area (Å²) < 4.78 is 0. The summed E-state index contributed by atoms with van der Waals surface area (Å²) in [5.41, 5.74) is 3.14. The van der Waals surface area contributed by atoms with E-state index in [-0.39, 0.29) is 0 Å². The van der Waals surface area contributed by atoms with Crippen LogP contribution in [-0.2, 0) is 9.59 Å². The largest absolute Gasteiger partial charge is 0.479 e. The molecule has 0 aliphatic rings. The summed E-state index contributed by atoms with van der Waals surface area (Å²) in [7, 11) is 0. The highest BCUT2D eigenvalue weighted by Gasteiger charge is 2.27. The Kier molecular flexibility index (Phi) is 5.49. The van der Waals surface area contributed by atoms with E-state index in [1.165, 1.54) is 4.80 Å². The molecule has 8 nitrogen and oxygen atoms in total. The van der Waals surface area contributed by atoms with Crippen LogP contribution in [0.15, 0.2) is 48.5 Å². The third-order valence-electron chi connectivity index (χ3n) is 4.30. The van der Waals surface area contributed by atoms with E-state index in [0.717, 1.165) is 16.7 Å². The normalized spacial score (nSPS) is 13.0. The minimum atomic E-state index is -1.16. The maximum Gasteiger partial charge on any atom is 0.330 e. The first-order valence-electron chi connectivity index (χ1n) is 8.81. The van der Waals surface area contributed by atoms with Crippen LogP contribution in [0.3, 0.4) is 0 Å². The Morgan fingerprint density at radius 2 is 1.71 bits per heavy atom. The number of carboxylic acid groups (broad SMARTS) is 1. The SMILES string of the molecule is Cc1cc(C)cc(C(NC(=O)C(C)n2nnc(-c3ccccc3)n2)C(=O)O)c1. The van der Waals surface area contributed by atoms with Gasteiger partial charge in [-0.2, -0.15) is 4.80 Å². The van der Waals surface area contributed by atoms with Crippen LogP contribution in [-0.4, -0.2) is 37.2 Å². The molecule has 0 saturated heterocycles. The van der Waals surface area contributed by atoms with Crippen molar-refractivity contribution in [3.8, 4) is 11.4 Å². The molecule has 3 rings (SSSR count). The van der Waals surface area contributed by atoms with Gasteiger partial charge >= 0.3 is 5.97 Å². The number of carbonyl (C=O) groups excluding carboxylic acids is 1. The molecule has 1 aromatic heterocycles. The Morgan fingerprint density at radius 1 is 1.07 bits per heavy atom. The molecule has 0 bridgehead atoms. The van der Waals surface area contributed by atoms with Crippen molar-refractivity contribution in [2.75, 3.05) is 0 Å². The van der Waals surface area contributed by atoms with Crippen molar-refractivity contribution in [2.45, 2.75) is 32.9 Å². The van der Waals surface area contributed by atoms with Gasteiger partial charge in [-0.1, -0.05) is 59.7 Å². The molecule has 2 aromatic carbocycles. The zero-order chi connectivity index (χ0) is 20.3. The molecule has 28 heavy (non-hydrogen) atoms. The van der Waals surface area contributed by atoms with Crippen LogP contribution >= 0.6 is 0 Å². The molecule has 2 atom stereocenters. The van der Waals surface area contributed by atoms with Crippen LogP contribution < -0.4 is 5.32 Å². The highest BCUT2D eigenvalue weighted by Crippen LogP contribution is 2.19. The van der Waals surface area contributed by atoms with Gasteiger partial charge in [-0.25, -0.2) is 4.79 Å². The molecule has 1 amide bonds. The number of nitrogens with one attached hydrogen (secondary N) is 1. The summed E-state index contributed by atoms with van der Waals surface area (Å²) in [4.78, 5) is 25.6. The lowest BCUT2D eigenvalue weighted by Crippen LogP contribution is -2.38. The van der Waals surface area contributed by atoms with Gasteiger partial charge in [0.1, 0.15) is 6.04 Å². The molecule has 0 aliphatic carbocycles. The molecule has 0 spiro atoms. The second-order valence-electron chi connectivity index (χ2n) is 6.68. The smallest absolute Gasteiger partial charge is 0.330 e. The van der Waals surface area contributed by atoms with Gasteiger partial charge < -0.3 is 10.4 Å². The van der Waals surface area contributed by atoms with Crippen LogP contribution in [0.5, 0.6) is 0 Å². The molecule has 144 valence electrons. The van der Waals surface area contributed by atoms with Crippen LogP contribution in [0.2, 0.25) is 0 Å². The Hall–Kier alpha value is -3.55. The summed E-state index contributed by atoms with van der Waals surface area (Å²) in [5.74, 6) is -1.25. The zero-order valence-corrected chi connectivity index (χ0v) is 15.8. The van der Waals surface area contributed by atoms with Gasteiger partial charge in [-0.05, 0) is 31.5 Å². The zero-order valence-electron chi connectivity index (χ0n) is 15.8. The van der Waals surface area contributed by atoms with Gasteiger partial charge in [0.05, 0.1) is 0 Å². The quantitative estimate of drug-likeness (QED) is 0.681. The van der Waals surface area contributed by atoms with Crippen molar-refractivity contribution in [3.05, 3.63) is 65.2 Å². The first kappa shape index (κ1) is 19.2. The molecule has 0 fully saturated rings. The summed E-state index contributed by atoms with van der Waals surface area (Å²) in [6.07, 6.45) is 0. The standard InChI is InChI=1S/C20H21N5O3/c1-12-9-13(2)11-16(10-12)17(20(27)28)21-19(26)14(3)25-23-18(22-24-25)15-7-5-4-6-8-15/h4-11,14,17H,1-3H3,(H,21,26)(H,27,28). The van der Waals surface area contributed by atoms with Crippen LogP contribution in [0, 0.1) is 13.8 Å². The number of hydrogen-bond donors (Lipinski definition) is 2. The fourth-order valence-corrected chi connectivity index (χ4v) is 2.92. The van der Waals surface area contributed by atoms with E-state index in [1.54, 1.807) is 19.1 Å². The summed E-state index contributed by atoms with van der Waals surface area (Å²) in [5, 5.41) is 24.3. The first-order chi connectivity index (χ1) is 13.3. The Balaban J connectivity index is 1.79. The minimum Gasteiger partial charge on any atom is -0.479 e. The Morgan fingerprint density at radius 3 is 2.32 bits per heavy atom. The number of rotatable bonds is 6. The van der Waals surface area contributed by atoms with Crippen LogP contribution in [0.1, 0.15) is 35.7 Å². The predicted octanol–water partition coefficient (Wildman–Crippen LogP) is 2.46. The average molecular weight is 379 g/mol. The highest BCUT2D eigenvalue weighted by molar-refractivity contribution is 5.86. The first-order valence-corrected chi connectivity index (χ1v) is 8.81. The van der Waals surface area contributed by atoms with E-state index >= 15 is 0 Å². The summed E-state index contributed by atoms with van der Waals surface area (Å²) >= 11 is 0. The fraction of sp³-hybridized carbons (Fsp3) is 0.250. The topological polar surface area (TPSA) is 110 Å². The van der Waals surface area contributed by atoms with E-state index in [1.807, 2.05) is 50.2 Å². The van der Waals surface area contributed by atoms with E-state index in [0.29, 0.717) is 11.4 Å². The molecule has 1 heterocycles. The minimum absolute atomic E-state index is 0.393. The molecule has 2 unspecified atom stereocenters. The Labute approximate surface area is 162 Å². The van der Waals surface area contributed by atoms with Crippen molar-refractivity contribution in [1.82, 2.24) is 25.5 Å². The van der Waals surface area contributed by atoms with Crippen molar-refractivity contribution in [2.24, 2.45) is 0 Å². The van der Waals surface area contributed by atoms with Gasteiger partial charge in [-0.3, -0.25) is 4.79 Å². The summed E-state index contributed by atoms with van der Waals surface area (Å²) in [6, 6.07) is 12.7. The number of aryl methyl sites for hydroxylation is 2. The predicted molar refractivity (Wildman–Crippen MR) is 102 cm³/mol. The molecule has 0 aliphatic heterocycles. The van der Waals surface area contributed by atoms with Crippen molar-refractivity contribution >= 4 is 11.9 Å². The van der Waals surface area contributed by atoms with E-state index < -0.39 is 24.0 Å². The lowest BCUT2D eigenvalue weighted by Gasteiger charge is -2.18. The number of nitrogens with zero attached hydrogens (tertiary/aromatic N) is 4. The van der Waals surface area contributed by atoms with Crippen LogP contribution in [0.4, 0.5) is 0 Å². The molecule has 3 aromatic rings. The monoisotopic (exact) mass is 379 g/mol. The van der Waals surface area contributed by atoms with Gasteiger partial charge in [0.25, 0.3) is 0 Å². The molecule has 0 saturated carbocycles. The fourth-order valence-electron chi connectivity index (χ4n) is 2.92. The maximum absolute atomic E-state index is 12.6. The van der Waals surface area contributed by atoms with Gasteiger partial charge in [-0.15, -0.1) is 10.2 Å². The number of tetrazole rings is 1. The van der Waals surface area contributed by atoms with Crippen molar-refractivity contribution < 1.29 is 14.7 Å². The number of carbonyl (C=O) groups is 2. The Bertz CT molecular complexity index is 980. The number of benzene rings is 2. The number of carboxylic acids is 1. The van der Waals surface area contributed by atoms with Crippen LogP contribution in [0.25, 0.3) is 11.4 Å². The number of aromatic nitrogens is 4. The van der Waals surface area contributed by atoms with E-state index in [9.17, 15) is 14.7 Å². The number of hydrogen-bond acceptors (Lipinski definition) is 5. The maximum atomic E-state index is 12.6. The second kappa shape index (κ2) is 7.99. The van der Waals surface area contributed by atoms with Crippen molar-refractivity contribution in [3.63, 3.8) is 0 Å². The van der Waals surface area contributed by atoms with Gasteiger partial charge in [0.2, 0.25) is 11.7 Å². The molecule has 0 radical (unpaired) electrons. The van der Waals surface area contributed by atoms with E-state index in [2.05, 4.69) is 20.7 Å². The summed E-state index contributed by atoms with van der Waals surface area (Å²) in [6.45, 7) is 5.35. The molecular weight excluding hydrogens is 358 g/mol. The third-order valence-corrected chi connectivity index (χ3v) is 4.30. The third kappa shape index (κ3) is 4.22. The average Bonchev–Trinajstić information content (AvgIpc) is 3.15. The number of aliphatic carboxylic acids is 1. The van der Waals surface area contributed by atoms with E-state index in [4.69, 9.17) is 0 Å². The van der Waals surface area contributed by atoms with Gasteiger partial charge in [0, 0.05) is 5.56 Å². The molecular formula is C20H21N5O3. The van der Waals surface area contributed by atoms with Gasteiger partial charge in [0.15, 0.2) is 6.04 Å². The lowest BCUT2D eigenvalue weighted by atomic mass is 10.0. The molecule has 8 heteroatoms.